The van der Waals surface area contributed by atoms with Crippen molar-refractivity contribution in [1.29, 1.82) is 0 Å². The highest BCUT2D eigenvalue weighted by atomic mass is 32.2. The van der Waals surface area contributed by atoms with Gasteiger partial charge in [0.05, 0.1) is 0 Å². The Bertz CT molecular complexity index is 657. The minimum atomic E-state index is -3.49. The summed E-state index contributed by atoms with van der Waals surface area (Å²) in [5.74, 6) is -1.09. The number of rotatable bonds is 5. The molecule has 0 atom stereocenters. The predicted molar refractivity (Wildman–Crippen MR) is 85.1 cm³/mol. The minimum absolute atomic E-state index is 0.0432. The third-order valence-electron chi connectivity index (χ3n) is 3.82. The number of nitrogens with zero attached hydrogens (tertiary/aromatic N) is 2. The molecule has 0 aromatic heterocycles. The summed E-state index contributed by atoms with van der Waals surface area (Å²) in [5, 5.41) is 0. The number of nitrogens with one attached hydrogen (secondary N) is 1. The number of benzene rings is 1. The van der Waals surface area contributed by atoms with Gasteiger partial charge < -0.3 is 0 Å². The Balaban J connectivity index is 2.00. The molecule has 5 nitrogen and oxygen atoms in total. The number of halogens is 2. The summed E-state index contributed by atoms with van der Waals surface area (Å²) in [4.78, 5) is 1.86. The molecule has 2 rings (SSSR count). The fourth-order valence-electron chi connectivity index (χ4n) is 2.58. The molecule has 0 bridgehead atoms. The van der Waals surface area contributed by atoms with Gasteiger partial charge in [-0.2, -0.15) is 17.4 Å². The van der Waals surface area contributed by atoms with Crippen molar-refractivity contribution in [3.05, 3.63) is 34.9 Å². The Kier molecular flexibility index (Phi) is 5.72. The summed E-state index contributed by atoms with van der Waals surface area (Å²) in [7, 11) is -3.49. The molecule has 1 fully saturated rings. The molecular formula is C15H23F2N3O2S. The monoisotopic (exact) mass is 347 g/mol. The highest BCUT2D eigenvalue weighted by Crippen LogP contribution is 2.19. The second-order valence-electron chi connectivity index (χ2n) is 6.11. The van der Waals surface area contributed by atoms with Gasteiger partial charge >= 0.3 is 0 Å². The molecule has 1 aromatic rings. The molecule has 0 saturated carbocycles. The van der Waals surface area contributed by atoms with Crippen LogP contribution in [-0.2, 0) is 16.8 Å². The van der Waals surface area contributed by atoms with Crippen LogP contribution in [0.15, 0.2) is 12.1 Å². The van der Waals surface area contributed by atoms with Crippen molar-refractivity contribution in [3.8, 4) is 0 Å². The van der Waals surface area contributed by atoms with Crippen LogP contribution < -0.4 is 4.72 Å². The van der Waals surface area contributed by atoms with Gasteiger partial charge in [0, 0.05) is 44.3 Å². The van der Waals surface area contributed by atoms with E-state index in [0.717, 1.165) is 0 Å². The fourth-order valence-corrected chi connectivity index (χ4v) is 3.97. The molecule has 1 aliphatic heterocycles. The normalized spacial score (nSPS) is 17.8. The summed E-state index contributed by atoms with van der Waals surface area (Å²) in [5.41, 5.74) is 0.449. The van der Waals surface area contributed by atoms with E-state index in [2.05, 4.69) is 4.72 Å². The van der Waals surface area contributed by atoms with Crippen LogP contribution in [-0.4, -0.2) is 49.8 Å². The maximum Gasteiger partial charge on any atom is 0.279 e. The topological polar surface area (TPSA) is 52.7 Å². The lowest BCUT2D eigenvalue weighted by Crippen LogP contribution is -2.52. The molecular weight excluding hydrogens is 324 g/mol. The van der Waals surface area contributed by atoms with Crippen LogP contribution in [0.2, 0.25) is 0 Å². The quantitative estimate of drug-likeness (QED) is 0.881. The molecule has 130 valence electrons. The third kappa shape index (κ3) is 4.47. The average molecular weight is 347 g/mol. The van der Waals surface area contributed by atoms with Gasteiger partial charge in [0.1, 0.15) is 11.6 Å². The van der Waals surface area contributed by atoms with Gasteiger partial charge in [-0.3, -0.25) is 4.90 Å². The van der Waals surface area contributed by atoms with Crippen molar-refractivity contribution in [2.75, 3.05) is 26.2 Å². The Hall–Kier alpha value is -1.09. The predicted octanol–water partition coefficient (Wildman–Crippen LogP) is 1.63. The van der Waals surface area contributed by atoms with Gasteiger partial charge in [-0.05, 0) is 32.4 Å². The maximum atomic E-state index is 14.0. The SMILES string of the molecule is Cc1ccc(F)c(CN2CCN(S(=O)(=O)NC(C)C)CC2)c1F. The van der Waals surface area contributed by atoms with Crippen molar-refractivity contribution in [3.63, 3.8) is 0 Å². The fraction of sp³-hybridized carbons (Fsp3) is 0.600. The highest BCUT2D eigenvalue weighted by Gasteiger charge is 2.28. The zero-order valence-corrected chi connectivity index (χ0v) is 14.5. The van der Waals surface area contributed by atoms with E-state index >= 15 is 0 Å². The lowest BCUT2D eigenvalue weighted by molar-refractivity contribution is 0.176. The molecule has 1 heterocycles. The summed E-state index contributed by atoms with van der Waals surface area (Å²) in [6.07, 6.45) is 0. The Morgan fingerprint density at radius 1 is 1.17 bits per heavy atom. The van der Waals surface area contributed by atoms with E-state index in [1.165, 1.54) is 16.4 Å². The van der Waals surface area contributed by atoms with E-state index in [9.17, 15) is 17.2 Å². The van der Waals surface area contributed by atoms with Gasteiger partial charge in [-0.15, -0.1) is 0 Å². The van der Waals surface area contributed by atoms with Crippen LogP contribution in [0, 0.1) is 18.6 Å². The first kappa shape index (κ1) is 18.3. The first-order valence-corrected chi connectivity index (χ1v) is 9.08. The molecule has 8 heteroatoms. The van der Waals surface area contributed by atoms with Crippen molar-refractivity contribution in [2.45, 2.75) is 33.4 Å². The van der Waals surface area contributed by atoms with Gasteiger partial charge in [0.2, 0.25) is 0 Å². The smallest absolute Gasteiger partial charge is 0.279 e. The lowest BCUT2D eigenvalue weighted by atomic mass is 10.1. The molecule has 0 aliphatic carbocycles. The molecule has 0 radical (unpaired) electrons. The number of piperazine rings is 1. The zero-order chi connectivity index (χ0) is 17.2. The molecule has 1 saturated heterocycles. The maximum absolute atomic E-state index is 14.0. The van der Waals surface area contributed by atoms with Crippen LogP contribution >= 0.6 is 0 Å². The van der Waals surface area contributed by atoms with Crippen LogP contribution in [0.5, 0.6) is 0 Å². The Morgan fingerprint density at radius 3 is 2.35 bits per heavy atom. The number of hydrogen-bond acceptors (Lipinski definition) is 3. The van der Waals surface area contributed by atoms with Gasteiger partial charge in [-0.1, -0.05) is 6.07 Å². The summed E-state index contributed by atoms with van der Waals surface area (Å²) in [6, 6.07) is 2.51. The van der Waals surface area contributed by atoms with E-state index in [0.29, 0.717) is 31.7 Å². The first-order chi connectivity index (χ1) is 10.7. The van der Waals surface area contributed by atoms with Gasteiger partial charge in [0.25, 0.3) is 10.2 Å². The largest absolute Gasteiger partial charge is 0.296 e. The second kappa shape index (κ2) is 7.21. The molecule has 0 spiro atoms. The van der Waals surface area contributed by atoms with Crippen molar-refractivity contribution < 1.29 is 17.2 Å². The summed E-state index contributed by atoms with van der Waals surface area (Å²) >= 11 is 0. The van der Waals surface area contributed by atoms with Gasteiger partial charge in [-0.25, -0.2) is 8.78 Å². The lowest BCUT2D eigenvalue weighted by Gasteiger charge is -2.34. The van der Waals surface area contributed by atoms with E-state index in [-0.39, 0.29) is 18.2 Å². The van der Waals surface area contributed by atoms with Crippen LogP contribution in [0.25, 0.3) is 0 Å². The van der Waals surface area contributed by atoms with Crippen molar-refractivity contribution in [2.24, 2.45) is 0 Å². The Morgan fingerprint density at radius 2 is 1.78 bits per heavy atom. The summed E-state index contributed by atoms with van der Waals surface area (Å²) in [6.45, 7) is 6.74. The number of aryl methyl sites for hydroxylation is 1. The average Bonchev–Trinajstić information content (AvgIpc) is 2.47. The molecule has 1 aliphatic rings. The van der Waals surface area contributed by atoms with Gasteiger partial charge in [0.15, 0.2) is 0 Å². The van der Waals surface area contributed by atoms with Crippen molar-refractivity contribution >= 4 is 10.2 Å². The van der Waals surface area contributed by atoms with E-state index in [4.69, 9.17) is 0 Å². The third-order valence-corrected chi connectivity index (χ3v) is 5.63. The minimum Gasteiger partial charge on any atom is -0.296 e. The van der Waals surface area contributed by atoms with E-state index in [1.54, 1.807) is 20.8 Å². The zero-order valence-electron chi connectivity index (χ0n) is 13.6. The van der Waals surface area contributed by atoms with Crippen LogP contribution in [0.1, 0.15) is 25.0 Å². The molecule has 1 N–H and O–H groups in total. The first-order valence-electron chi connectivity index (χ1n) is 7.64. The van der Waals surface area contributed by atoms with Crippen LogP contribution in [0.4, 0.5) is 8.78 Å². The van der Waals surface area contributed by atoms with Crippen molar-refractivity contribution in [1.82, 2.24) is 13.9 Å². The Labute approximate surface area is 136 Å². The molecule has 0 unspecified atom stereocenters. The molecule has 1 aromatic carbocycles. The van der Waals surface area contributed by atoms with E-state index in [1.807, 2.05) is 4.90 Å². The molecule has 0 amide bonds. The highest BCUT2D eigenvalue weighted by molar-refractivity contribution is 7.87. The van der Waals surface area contributed by atoms with E-state index < -0.39 is 21.8 Å². The molecule has 23 heavy (non-hydrogen) atoms. The second-order valence-corrected chi connectivity index (χ2v) is 7.81. The standard InChI is InChI=1S/C15H23F2N3O2S/c1-11(2)18-23(21,22)20-8-6-19(7-9-20)10-13-14(16)5-4-12(3)15(13)17/h4-5,11,18H,6-10H2,1-3H3. The van der Waals surface area contributed by atoms with Crippen LogP contribution in [0.3, 0.4) is 0 Å². The number of hydrogen-bond donors (Lipinski definition) is 1. The summed E-state index contributed by atoms with van der Waals surface area (Å²) < 4.78 is 55.9.